The van der Waals surface area contributed by atoms with Crippen LogP contribution in [0.5, 0.6) is 5.75 Å². The first-order valence-electron chi connectivity index (χ1n) is 4.71. The van der Waals surface area contributed by atoms with Crippen LogP contribution in [0, 0.1) is 6.92 Å². The maximum atomic E-state index is 5.55. The molecular formula is C12H16OS. The van der Waals surface area contributed by atoms with Gasteiger partial charge in [0.15, 0.2) is 0 Å². The molecule has 0 saturated heterocycles. The van der Waals surface area contributed by atoms with Gasteiger partial charge in [0.2, 0.25) is 0 Å². The molecule has 14 heavy (non-hydrogen) atoms. The van der Waals surface area contributed by atoms with E-state index in [1.807, 2.05) is 30.0 Å². The number of ether oxygens (including phenoxy) is 1. The fraction of sp³-hybridized carbons (Fsp3) is 0.333. The average molecular weight is 208 g/mol. The predicted molar refractivity (Wildman–Crippen MR) is 64.2 cm³/mol. The third-order valence-electron chi connectivity index (χ3n) is 1.75. The summed E-state index contributed by atoms with van der Waals surface area (Å²) >= 11 is 1.83. The van der Waals surface area contributed by atoms with Gasteiger partial charge in [-0.05, 0) is 19.1 Å². The fourth-order valence-electron chi connectivity index (χ4n) is 1.02. The lowest BCUT2D eigenvalue weighted by Crippen LogP contribution is -2.00. The zero-order valence-corrected chi connectivity index (χ0v) is 9.35. The molecule has 1 rings (SSSR count). The van der Waals surface area contributed by atoms with E-state index in [2.05, 4.69) is 25.6 Å². The van der Waals surface area contributed by atoms with Gasteiger partial charge in [-0.2, -0.15) is 11.8 Å². The summed E-state index contributed by atoms with van der Waals surface area (Å²) in [5.74, 6) is 2.96. The number of hydrogen-bond donors (Lipinski definition) is 0. The molecule has 0 bridgehead atoms. The summed E-state index contributed by atoms with van der Waals surface area (Å²) in [5.41, 5.74) is 1.26. The van der Waals surface area contributed by atoms with Gasteiger partial charge in [0.1, 0.15) is 5.75 Å². The number of benzene rings is 1. The minimum atomic E-state index is 0.765. The van der Waals surface area contributed by atoms with E-state index in [1.54, 1.807) is 0 Å². The SMILES string of the molecule is C=CCSCCOc1ccc(C)cc1. The summed E-state index contributed by atoms with van der Waals surface area (Å²) < 4.78 is 5.55. The van der Waals surface area contributed by atoms with Crippen molar-refractivity contribution in [2.24, 2.45) is 0 Å². The van der Waals surface area contributed by atoms with Gasteiger partial charge in [-0.1, -0.05) is 23.8 Å². The number of thioether (sulfide) groups is 1. The zero-order valence-electron chi connectivity index (χ0n) is 8.53. The highest BCUT2D eigenvalue weighted by atomic mass is 32.2. The van der Waals surface area contributed by atoms with Crippen molar-refractivity contribution >= 4 is 11.8 Å². The summed E-state index contributed by atoms with van der Waals surface area (Å²) in [4.78, 5) is 0. The van der Waals surface area contributed by atoms with Gasteiger partial charge in [-0.15, -0.1) is 6.58 Å². The van der Waals surface area contributed by atoms with Crippen LogP contribution < -0.4 is 4.74 Å². The number of hydrogen-bond acceptors (Lipinski definition) is 2. The van der Waals surface area contributed by atoms with Gasteiger partial charge in [-0.3, -0.25) is 0 Å². The highest BCUT2D eigenvalue weighted by molar-refractivity contribution is 7.99. The van der Waals surface area contributed by atoms with Gasteiger partial charge in [0.05, 0.1) is 6.61 Å². The Balaban J connectivity index is 2.18. The second-order valence-electron chi connectivity index (χ2n) is 3.03. The molecule has 0 N–H and O–H groups in total. The molecule has 1 aromatic rings. The summed E-state index contributed by atoms with van der Waals surface area (Å²) in [7, 11) is 0. The molecule has 0 aliphatic carbocycles. The van der Waals surface area contributed by atoms with E-state index in [-0.39, 0.29) is 0 Å². The van der Waals surface area contributed by atoms with Crippen LogP contribution in [0.15, 0.2) is 36.9 Å². The molecule has 0 spiro atoms. The molecular weight excluding hydrogens is 192 g/mol. The lowest BCUT2D eigenvalue weighted by atomic mass is 10.2. The molecule has 0 aliphatic rings. The Labute approximate surface area is 90.2 Å². The van der Waals surface area contributed by atoms with E-state index in [9.17, 15) is 0 Å². The van der Waals surface area contributed by atoms with Gasteiger partial charge in [0, 0.05) is 11.5 Å². The van der Waals surface area contributed by atoms with Crippen molar-refractivity contribution in [1.82, 2.24) is 0 Å². The molecule has 0 unspecified atom stereocenters. The van der Waals surface area contributed by atoms with Crippen LogP contribution in [-0.2, 0) is 0 Å². The molecule has 0 aromatic heterocycles. The average Bonchev–Trinajstić information content (AvgIpc) is 2.21. The highest BCUT2D eigenvalue weighted by Crippen LogP contribution is 2.11. The Kier molecular flexibility index (Phi) is 5.23. The Morgan fingerprint density at radius 3 is 2.71 bits per heavy atom. The second kappa shape index (κ2) is 6.55. The Hall–Kier alpha value is -0.890. The molecule has 1 nitrogen and oxygen atoms in total. The molecule has 1 aromatic carbocycles. The zero-order chi connectivity index (χ0) is 10.2. The highest BCUT2D eigenvalue weighted by Gasteiger charge is 1.92. The van der Waals surface area contributed by atoms with E-state index in [1.165, 1.54) is 5.56 Å². The smallest absolute Gasteiger partial charge is 0.119 e. The third kappa shape index (κ3) is 4.38. The van der Waals surface area contributed by atoms with Crippen LogP contribution in [0.2, 0.25) is 0 Å². The van der Waals surface area contributed by atoms with Crippen molar-refractivity contribution < 1.29 is 4.74 Å². The largest absolute Gasteiger partial charge is 0.493 e. The third-order valence-corrected chi connectivity index (χ3v) is 2.68. The van der Waals surface area contributed by atoms with Crippen molar-refractivity contribution in [3.05, 3.63) is 42.5 Å². The predicted octanol–water partition coefficient (Wildman–Crippen LogP) is 3.29. The van der Waals surface area contributed by atoms with E-state index in [0.717, 1.165) is 23.9 Å². The maximum absolute atomic E-state index is 5.55. The Bertz CT molecular complexity index is 266. The van der Waals surface area contributed by atoms with Crippen molar-refractivity contribution in [3.63, 3.8) is 0 Å². The van der Waals surface area contributed by atoms with Crippen molar-refractivity contribution in [2.45, 2.75) is 6.92 Å². The molecule has 0 fully saturated rings. The maximum Gasteiger partial charge on any atom is 0.119 e. The Morgan fingerprint density at radius 1 is 1.36 bits per heavy atom. The summed E-state index contributed by atoms with van der Waals surface area (Å²) in [6.45, 7) is 6.50. The molecule has 0 aliphatic heterocycles. The molecule has 0 saturated carbocycles. The fourth-order valence-corrected chi connectivity index (χ4v) is 1.55. The topological polar surface area (TPSA) is 9.23 Å². The minimum absolute atomic E-state index is 0.765. The van der Waals surface area contributed by atoms with Crippen LogP contribution in [0.1, 0.15) is 5.56 Å². The molecule has 76 valence electrons. The normalized spacial score (nSPS) is 9.79. The van der Waals surface area contributed by atoms with E-state index in [4.69, 9.17) is 4.74 Å². The molecule has 0 amide bonds. The van der Waals surface area contributed by atoms with Gasteiger partial charge in [-0.25, -0.2) is 0 Å². The molecule has 0 heterocycles. The van der Waals surface area contributed by atoms with E-state index >= 15 is 0 Å². The summed E-state index contributed by atoms with van der Waals surface area (Å²) in [6, 6.07) is 8.14. The van der Waals surface area contributed by atoms with E-state index in [0.29, 0.717) is 0 Å². The van der Waals surface area contributed by atoms with Crippen LogP contribution in [0.25, 0.3) is 0 Å². The quantitative estimate of drug-likeness (QED) is 0.524. The van der Waals surface area contributed by atoms with Crippen LogP contribution in [0.3, 0.4) is 0 Å². The Morgan fingerprint density at radius 2 is 2.07 bits per heavy atom. The molecule has 2 heteroatoms. The monoisotopic (exact) mass is 208 g/mol. The van der Waals surface area contributed by atoms with Gasteiger partial charge < -0.3 is 4.74 Å². The van der Waals surface area contributed by atoms with Crippen LogP contribution in [-0.4, -0.2) is 18.1 Å². The first-order chi connectivity index (χ1) is 6.83. The van der Waals surface area contributed by atoms with E-state index < -0.39 is 0 Å². The van der Waals surface area contributed by atoms with Crippen molar-refractivity contribution in [2.75, 3.05) is 18.1 Å². The minimum Gasteiger partial charge on any atom is -0.493 e. The lowest BCUT2D eigenvalue weighted by Gasteiger charge is -2.05. The lowest BCUT2D eigenvalue weighted by molar-refractivity contribution is 0.344. The standard InChI is InChI=1S/C12H16OS/c1-3-9-14-10-8-13-12-6-4-11(2)5-7-12/h3-7H,1,8-10H2,2H3. The first-order valence-corrected chi connectivity index (χ1v) is 5.86. The number of aryl methyl sites for hydroxylation is 1. The van der Waals surface area contributed by atoms with Crippen LogP contribution in [0.4, 0.5) is 0 Å². The first kappa shape index (κ1) is 11.2. The van der Waals surface area contributed by atoms with Gasteiger partial charge in [0.25, 0.3) is 0 Å². The molecule has 0 atom stereocenters. The van der Waals surface area contributed by atoms with Crippen molar-refractivity contribution in [3.8, 4) is 5.75 Å². The second-order valence-corrected chi connectivity index (χ2v) is 4.17. The summed E-state index contributed by atoms with van der Waals surface area (Å²) in [6.07, 6.45) is 1.91. The van der Waals surface area contributed by atoms with Crippen molar-refractivity contribution in [1.29, 1.82) is 0 Å². The summed E-state index contributed by atoms with van der Waals surface area (Å²) in [5, 5.41) is 0. The molecule has 0 radical (unpaired) electrons. The van der Waals surface area contributed by atoms with Gasteiger partial charge >= 0.3 is 0 Å². The van der Waals surface area contributed by atoms with Crippen LogP contribution >= 0.6 is 11.8 Å². The number of rotatable bonds is 6.